The van der Waals surface area contributed by atoms with Crippen molar-refractivity contribution in [2.24, 2.45) is 0 Å². The Balaban J connectivity index is 3.65. The third-order valence-corrected chi connectivity index (χ3v) is 3.66. The SMILES string of the molecule is CCCCCCC=C(CCC)CCCCCCC. The predicted octanol–water partition coefficient (Wildman–Crippen LogP) is 7.04. The molecule has 0 bridgehead atoms. The number of hydrogen-bond acceptors (Lipinski definition) is 0. The van der Waals surface area contributed by atoms with Crippen molar-refractivity contribution in [3.63, 3.8) is 0 Å². The van der Waals surface area contributed by atoms with E-state index < -0.39 is 0 Å². The number of unbranched alkanes of at least 4 members (excludes halogenated alkanes) is 8. The Morgan fingerprint density at radius 2 is 1.22 bits per heavy atom. The van der Waals surface area contributed by atoms with Gasteiger partial charge in [-0.2, -0.15) is 0 Å². The van der Waals surface area contributed by atoms with E-state index in [1.165, 1.54) is 83.5 Å². The molecule has 0 unspecified atom stereocenters. The first-order valence-electron chi connectivity index (χ1n) is 8.53. The molecule has 0 fully saturated rings. The van der Waals surface area contributed by atoms with Crippen LogP contribution < -0.4 is 0 Å². The molecule has 0 spiro atoms. The molecular weight excluding hydrogens is 216 g/mol. The number of allylic oxidation sites excluding steroid dienone is 2. The maximum atomic E-state index is 2.55. The van der Waals surface area contributed by atoms with Gasteiger partial charge >= 0.3 is 0 Å². The average molecular weight is 252 g/mol. The zero-order chi connectivity index (χ0) is 13.5. The van der Waals surface area contributed by atoms with Crippen molar-refractivity contribution < 1.29 is 0 Å². The van der Waals surface area contributed by atoms with E-state index in [1.807, 2.05) is 0 Å². The molecule has 0 amide bonds. The van der Waals surface area contributed by atoms with E-state index in [1.54, 1.807) is 5.57 Å². The molecule has 0 saturated carbocycles. The van der Waals surface area contributed by atoms with Crippen molar-refractivity contribution in [3.8, 4) is 0 Å². The lowest BCUT2D eigenvalue weighted by molar-refractivity contribution is 0.619. The van der Waals surface area contributed by atoms with Gasteiger partial charge < -0.3 is 0 Å². The zero-order valence-corrected chi connectivity index (χ0v) is 13.3. The van der Waals surface area contributed by atoms with Crippen LogP contribution >= 0.6 is 0 Å². The molecule has 0 aliphatic carbocycles. The second kappa shape index (κ2) is 14.8. The first-order valence-corrected chi connectivity index (χ1v) is 8.53. The topological polar surface area (TPSA) is 0 Å². The Morgan fingerprint density at radius 3 is 1.83 bits per heavy atom. The standard InChI is InChI=1S/C18H36/c1-4-7-9-11-13-16-18(15-6-3)17-14-12-10-8-5-2/h16H,4-15,17H2,1-3H3. The van der Waals surface area contributed by atoms with Gasteiger partial charge in [-0.1, -0.05) is 83.8 Å². The quantitative estimate of drug-likeness (QED) is 0.243. The van der Waals surface area contributed by atoms with Crippen molar-refractivity contribution in [1.82, 2.24) is 0 Å². The van der Waals surface area contributed by atoms with Crippen molar-refractivity contribution in [3.05, 3.63) is 11.6 Å². The molecule has 0 N–H and O–H groups in total. The molecule has 0 heterocycles. The summed E-state index contributed by atoms with van der Waals surface area (Å²) >= 11 is 0. The van der Waals surface area contributed by atoms with Gasteiger partial charge in [0, 0.05) is 0 Å². The highest BCUT2D eigenvalue weighted by Gasteiger charge is 1.97. The summed E-state index contributed by atoms with van der Waals surface area (Å²) in [5, 5.41) is 0. The highest BCUT2D eigenvalue weighted by Crippen LogP contribution is 2.17. The van der Waals surface area contributed by atoms with Gasteiger partial charge in [0.25, 0.3) is 0 Å². The van der Waals surface area contributed by atoms with Crippen molar-refractivity contribution >= 4 is 0 Å². The lowest BCUT2D eigenvalue weighted by Crippen LogP contribution is -1.86. The molecular formula is C18H36. The van der Waals surface area contributed by atoms with Gasteiger partial charge in [-0.25, -0.2) is 0 Å². The Bertz CT molecular complexity index is 178. The third-order valence-electron chi connectivity index (χ3n) is 3.66. The van der Waals surface area contributed by atoms with Crippen LogP contribution in [-0.2, 0) is 0 Å². The largest absolute Gasteiger partial charge is 0.0853 e. The molecule has 0 aliphatic rings. The molecule has 0 nitrogen and oxygen atoms in total. The summed E-state index contributed by atoms with van der Waals surface area (Å²) < 4.78 is 0. The molecule has 0 saturated heterocycles. The molecule has 0 aromatic carbocycles. The maximum Gasteiger partial charge on any atom is -0.0320 e. The van der Waals surface area contributed by atoms with Gasteiger partial charge in [-0.15, -0.1) is 0 Å². The van der Waals surface area contributed by atoms with Crippen molar-refractivity contribution in [2.45, 2.75) is 104 Å². The van der Waals surface area contributed by atoms with Crippen LogP contribution in [0.2, 0.25) is 0 Å². The minimum Gasteiger partial charge on any atom is -0.0853 e. The third kappa shape index (κ3) is 12.2. The number of rotatable bonds is 13. The summed E-state index contributed by atoms with van der Waals surface area (Å²) in [6, 6.07) is 0. The van der Waals surface area contributed by atoms with E-state index >= 15 is 0 Å². The van der Waals surface area contributed by atoms with Crippen LogP contribution in [-0.4, -0.2) is 0 Å². The summed E-state index contributed by atoms with van der Waals surface area (Å²) in [4.78, 5) is 0. The summed E-state index contributed by atoms with van der Waals surface area (Å²) in [7, 11) is 0. The van der Waals surface area contributed by atoms with E-state index in [9.17, 15) is 0 Å². The first kappa shape index (κ1) is 17.7. The lowest BCUT2D eigenvalue weighted by Gasteiger charge is -2.06. The van der Waals surface area contributed by atoms with Gasteiger partial charge in [0.15, 0.2) is 0 Å². The van der Waals surface area contributed by atoms with Gasteiger partial charge in [0.05, 0.1) is 0 Å². The highest BCUT2D eigenvalue weighted by atomic mass is 14.0. The fraction of sp³-hybridized carbons (Fsp3) is 0.889. The van der Waals surface area contributed by atoms with E-state index in [4.69, 9.17) is 0 Å². The van der Waals surface area contributed by atoms with Crippen LogP contribution in [0, 0.1) is 0 Å². The van der Waals surface area contributed by atoms with Gasteiger partial charge in [0.2, 0.25) is 0 Å². The van der Waals surface area contributed by atoms with Crippen LogP contribution in [0.25, 0.3) is 0 Å². The molecule has 108 valence electrons. The van der Waals surface area contributed by atoms with E-state index in [0.717, 1.165) is 0 Å². The summed E-state index contributed by atoms with van der Waals surface area (Å²) in [5.41, 5.74) is 1.74. The molecule has 0 rings (SSSR count). The summed E-state index contributed by atoms with van der Waals surface area (Å²) in [5.74, 6) is 0. The normalized spacial score (nSPS) is 12.1. The van der Waals surface area contributed by atoms with Crippen molar-refractivity contribution in [1.29, 1.82) is 0 Å². The Hall–Kier alpha value is -0.260. The second-order valence-electron chi connectivity index (χ2n) is 5.63. The molecule has 0 radical (unpaired) electrons. The Labute approximate surface area is 116 Å². The van der Waals surface area contributed by atoms with E-state index in [-0.39, 0.29) is 0 Å². The average Bonchev–Trinajstić information content (AvgIpc) is 2.38. The zero-order valence-electron chi connectivity index (χ0n) is 13.3. The van der Waals surface area contributed by atoms with Crippen LogP contribution in [0.15, 0.2) is 11.6 Å². The second-order valence-corrected chi connectivity index (χ2v) is 5.63. The summed E-state index contributed by atoms with van der Waals surface area (Å²) in [6.07, 6.45) is 20.5. The molecule has 0 heteroatoms. The molecule has 18 heavy (non-hydrogen) atoms. The van der Waals surface area contributed by atoms with Crippen LogP contribution in [0.1, 0.15) is 104 Å². The lowest BCUT2D eigenvalue weighted by atomic mass is 10.00. The smallest absolute Gasteiger partial charge is 0.0320 e. The molecule has 0 aromatic rings. The van der Waals surface area contributed by atoms with Gasteiger partial charge in [-0.05, 0) is 32.1 Å². The van der Waals surface area contributed by atoms with Crippen molar-refractivity contribution in [2.75, 3.05) is 0 Å². The fourth-order valence-corrected chi connectivity index (χ4v) is 2.48. The number of hydrogen-bond donors (Lipinski definition) is 0. The minimum absolute atomic E-state index is 1.32. The Kier molecular flexibility index (Phi) is 14.6. The van der Waals surface area contributed by atoms with Gasteiger partial charge in [0.1, 0.15) is 0 Å². The van der Waals surface area contributed by atoms with Gasteiger partial charge in [-0.3, -0.25) is 0 Å². The molecule has 0 atom stereocenters. The van der Waals surface area contributed by atoms with Crippen LogP contribution in [0.3, 0.4) is 0 Å². The van der Waals surface area contributed by atoms with E-state index in [2.05, 4.69) is 26.8 Å². The maximum absolute atomic E-state index is 2.55. The van der Waals surface area contributed by atoms with E-state index in [0.29, 0.717) is 0 Å². The molecule has 0 aliphatic heterocycles. The Morgan fingerprint density at radius 1 is 0.611 bits per heavy atom. The summed E-state index contributed by atoms with van der Waals surface area (Å²) in [6.45, 7) is 6.88. The van der Waals surface area contributed by atoms with Crippen LogP contribution in [0.5, 0.6) is 0 Å². The first-order chi connectivity index (χ1) is 8.85. The monoisotopic (exact) mass is 252 g/mol. The fourth-order valence-electron chi connectivity index (χ4n) is 2.48. The predicted molar refractivity (Wildman–Crippen MR) is 85.1 cm³/mol. The minimum atomic E-state index is 1.32. The van der Waals surface area contributed by atoms with Crippen LogP contribution in [0.4, 0.5) is 0 Å². The molecule has 0 aromatic heterocycles. The highest BCUT2D eigenvalue weighted by molar-refractivity contribution is 5.01.